The number of hydrogen-bond acceptors (Lipinski definition) is 6. The van der Waals surface area contributed by atoms with Gasteiger partial charge in [-0.2, -0.15) is 0 Å². The van der Waals surface area contributed by atoms with Crippen molar-refractivity contribution in [1.82, 2.24) is 0 Å². The summed E-state index contributed by atoms with van der Waals surface area (Å²) in [5.41, 5.74) is 0. The molecule has 0 heterocycles. The molecule has 6 nitrogen and oxygen atoms in total. The maximum atomic E-state index is 12.9. The molecule has 0 radical (unpaired) electrons. The molecule has 0 spiro atoms. The summed E-state index contributed by atoms with van der Waals surface area (Å²) >= 11 is 0. The fraction of sp³-hybridized carbons (Fsp3) is 0.640. The highest BCUT2D eigenvalue weighted by atomic mass is 16.6. The van der Waals surface area contributed by atoms with Gasteiger partial charge in [0.15, 0.2) is 6.10 Å². The minimum absolute atomic E-state index is 0.0993. The first-order valence-electron chi connectivity index (χ1n) is 33.3. The lowest BCUT2D eigenvalue weighted by Gasteiger charge is -2.18. The monoisotopic (exact) mass is 1120 g/mol. The molecule has 0 aromatic heterocycles. The van der Waals surface area contributed by atoms with E-state index >= 15 is 0 Å². The fourth-order valence-electron chi connectivity index (χ4n) is 8.85. The third-order valence-corrected chi connectivity index (χ3v) is 13.8. The first-order valence-corrected chi connectivity index (χ1v) is 33.3. The van der Waals surface area contributed by atoms with Crippen LogP contribution in [0.15, 0.2) is 146 Å². The zero-order valence-corrected chi connectivity index (χ0v) is 52.5. The van der Waals surface area contributed by atoms with E-state index in [9.17, 15) is 14.4 Å². The third-order valence-electron chi connectivity index (χ3n) is 13.8. The van der Waals surface area contributed by atoms with Gasteiger partial charge in [-0.15, -0.1) is 0 Å². The van der Waals surface area contributed by atoms with Crippen molar-refractivity contribution >= 4 is 17.9 Å². The minimum Gasteiger partial charge on any atom is -0.462 e. The van der Waals surface area contributed by atoms with Crippen LogP contribution in [0.5, 0.6) is 0 Å². The number of allylic oxidation sites excluding steroid dienone is 24. The van der Waals surface area contributed by atoms with Gasteiger partial charge in [0.2, 0.25) is 0 Å². The Morgan fingerprint density at radius 1 is 0.259 bits per heavy atom. The highest BCUT2D eigenvalue weighted by molar-refractivity contribution is 5.71. The Hall–Kier alpha value is -4.71. The van der Waals surface area contributed by atoms with Crippen molar-refractivity contribution in [2.45, 2.75) is 297 Å². The van der Waals surface area contributed by atoms with Crippen LogP contribution in [0, 0.1) is 0 Å². The molecule has 0 aromatic rings. The topological polar surface area (TPSA) is 78.9 Å². The van der Waals surface area contributed by atoms with E-state index in [1.807, 2.05) is 0 Å². The second-order valence-electron chi connectivity index (χ2n) is 21.6. The Labute approximate surface area is 499 Å². The number of ether oxygens (including phenoxy) is 3. The van der Waals surface area contributed by atoms with Crippen molar-refractivity contribution in [2.75, 3.05) is 13.2 Å². The first kappa shape index (κ1) is 76.3. The van der Waals surface area contributed by atoms with Gasteiger partial charge in [0.05, 0.1) is 0 Å². The van der Waals surface area contributed by atoms with Crippen LogP contribution >= 0.6 is 0 Å². The lowest BCUT2D eigenvalue weighted by atomic mass is 10.0. The van der Waals surface area contributed by atoms with Crippen LogP contribution < -0.4 is 0 Å². The Balaban J connectivity index is 4.40. The summed E-state index contributed by atoms with van der Waals surface area (Å²) < 4.78 is 16.9. The zero-order valence-electron chi connectivity index (χ0n) is 52.5. The van der Waals surface area contributed by atoms with Gasteiger partial charge in [-0.25, -0.2) is 0 Å². The molecule has 0 N–H and O–H groups in total. The van der Waals surface area contributed by atoms with E-state index in [0.717, 1.165) is 141 Å². The lowest BCUT2D eigenvalue weighted by Crippen LogP contribution is -2.30. The molecule has 0 amide bonds. The van der Waals surface area contributed by atoms with Gasteiger partial charge < -0.3 is 14.2 Å². The highest BCUT2D eigenvalue weighted by Crippen LogP contribution is 2.15. The summed E-state index contributed by atoms with van der Waals surface area (Å²) in [5.74, 6) is -0.956. The van der Waals surface area contributed by atoms with Gasteiger partial charge in [0.1, 0.15) is 13.2 Å². The van der Waals surface area contributed by atoms with E-state index in [1.165, 1.54) is 103 Å². The van der Waals surface area contributed by atoms with Crippen molar-refractivity contribution in [1.29, 1.82) is 0 Å². The predicted molar refractivity (Wildman–Crippen MR) is 352 cm³/mol. The molecule has 1 atom stereocenters. The molecule has 0 aliphatic heterocycles. The van der Waals surface area contributed by atoms with Gasteiger partial charge in [0.25, 0.3) is 0 Å². The molecule has 0 saturated carbocycles. The summed E-state index contributed by atoms with van der Waals surface area (Å²) in [6, 6.07) is 0. The van der Waals surface area contributed by atoms with E-state index < -0.39 is 6.10 Å². The largest absolute Gasteiger partial charge is 0.462 e. The highest BCUT2D eigenvalue weighted by Gasteiger charge is 2.19. The van der Waals surface area contributed by atoms with Crippen molar-refractivity contribution < 1.29 is 28.6 Å². The van der Waals surface area contributed by atoms with Crippen LogP contribution in [0.25, 0.3) is 0 Å². The molecule has 1 unspecified atom stereocenters. The SMILES string of the molecule is CC/C=C\C/C=C\C/C=C\C/C=C\C/C=C\C/C=C\C/C=C\C/C=C\C/C=C\C/C=C\CCCCC(=O)OCC(COC(=O)CCCCCCCCCCCCCCCCC)OC(=O)CCCCCCC/C=C\C/C=C\CCCCC. The molecule has 0 aliphatic rings. The van der Waals surface area contributed by atoms with Crippen LogP contribution in [0.3, 0.4) is 0 Å². The Bertz CT molecular complexity index is 1760. The van der Waals surface area contributed by atoms with Gasteiger partial charge in [-0.05, 0) is 128 Å². The normalized spacial score (nSPS) is 13.1. The zero-order chi connectivity index (χ0) is 58.5. The summed E-state index contributed by atoms with van der Waals surface area (Å²) in [7, 11) is 0. The molecule has 0 rings (SSSR count). The molecule has 0 bridgehead atoms. The first-order chi connectivity index (χ1) is 40.0. The molecule has 0 saturated heterocycles. The van der Waals surface area contributed by atoms with Gasteiger partial charge in [-0.3, -0.25) is 14.4 Å². The smallest absolute Gasteiger partial charge is 0.306 e. The van der Waals surface area contributed by atoms with Crippen LogP contribution in [0.1, 0.15) is 290 Å². The van der Waals surface area contributed by atoms with E-state index in [0.29, 0.717) is 25.7 Å². The standard InChI is InChI=1S/C75H122O6/c1-4-7-10-13-16-19-22-25-28-29-30-31-32-33-34-35-36-37-38-39-40-41-42-43-44-45-48-50-53-56-59-62-65-68-74(77)80-71-72(81-75(78)69-66-63-60-57-54-51-47-27-24-21-18-15-12-9-6-3)70-79-73(76)67-64-61-58-55-52-49-46-26-23-20-17-14-11-8-5-2/h7,10,16,18-19,21,25,27-28,30-31,33-34,36-37,39-40,42-43,45,47-48,53,56,72H,4-6,8-9,11-15,17,20,22-24,26,29,32,35,38,41,44,46,49-52,54-55,57-71H2,1-3H3/b10-7-,19-16-,21-18-,28-25-,31-30-,34-33-,37-36-,40-39-,43-42-,47-27-,48-45-,56-53-. The average Bonchev–Trinajstić information content (AvgIpc) is 3.47. The number of carbonyl (C=O) groups excluding carboxylic acids is 3. The Morgan fingerprint density at radius 3 is 0.802 bits per heavy atom. The molecular weight excluding hydrogens is 997 g/mol. The molecule has 0 fully saturated rings. The van der Waals surface area contributed by atoms with Crippen LogP contribution in [-0.2, 0) is 28.6 Å². The molecule has 0 aromatic carbocycles. The number of esters is 3. The number of hydrogen-bond donors (Lipinski definition) is 0. The summed E-state index contributed by atoms with van der Waals surface area (Å²) in [6.45, 7) is 6.46. The second kappa shape index (κ2) is 67.8. The van der Waals surface area contributed by atoms with Gasteiger partial charge in [-0.1, -0.05) is 289 Å². The van der Waals surface area contributed by atoms with Crippen LogP contribution in [-0.4, -0.2) is 37.2 Å². The van der Waals surface area contributed by atoms with Crippen molar-refractivity contribution in [3.05, 3.63) is 146 Å². The third kappa shape index (κ3) is 66.0. The Morgan fingerprint density at radius 2 is 0.481 bits per heavy atom. The number of rotatable bonds is 59. The van der Waals surface area contributed by atoms with E-state index in [-0.39, 0.29) is 31.1 Å². The van der Waals surface area contributed by atoms with Gasteiger partial charge in [0, 0.05) is 19.3 Å². The summed E-state index contributed by atoms with van der Waals surface area (Å²) in [6.07, 6.45) is 97.1. The maximum Gasteiger partial charge on any atom is 0.306 e. The lowest BCUT2D eigenvalue weighted by molar-refractivity contribution is -0.167. The maximum absolute atomic E-state index is 12.9. The molecular formula is C75H122O6. The fourth-order valence-corrected chi connectivity index (χ4v) is 8.85. The van der Waals surface area contributed by atoms with Crippen molar-refractivity contribution in [3.8, 4) is 0 Å². The van der Waals surface area contributed by atoms with E-state index in [2.05, 4.69) is 167 Å². The van der Waals surface area contributed by atoms with Crippen LogP contribution in [0.2, 0.25) is 0 Å². The molecule has 81 heavy (non-hydrogen) atoms. The van der Waals surface area contributed by atoms with Crippen molar-refractivity contribution in [2.24, 2.45) is 0 Å². The quantitative estimate of drug-likeness (QED) is 0.0261. The summed E-state index contributed by atoms with van der Waals surface area (Å²) in [4.78, 5) is 38.3. The van der Waals surface area contributed by atoms with E-state index in [1.54, 1.807) is 0 Å². The second-order valence-corrected chi connectivity index (χ2v) is 21.6. The Kier molecular flexibility index (Phi) is 63.9. The molecule has 458 valence electrons. The molecule has 0 aliphatic carbocycles. The molecule has 6 heteroatoms. The van der Waals surface area contributed by atoms with Gasteiger partial charge >= 0.3 is 17.9 Å². The summed E-state index contributed by atoms with van der Waals surface area (Å²) in [5, 5.41) is 0. The average molecular weight is 1120 g/mol. The predicted octanol–water partition coefficient (Wildman–Crippen LogP) is 23.1. The van der Waals surface area contributed by atoms with Crippen LogP contribution in [0.4, 0.5) is 0 Å². The van der Waals surface area contributed by atoms with Crippen molar-refractivity contribution in [3.63, 3.8) is 0 Å². The minimum atomic E-state index is -0.808. The number of unbranched alkanes of at least 4 members (excludes halogenated alkanes) is 24. The number of carbonyl (C=O) groups is 3. The van der Waals surface area contributed by atoms with E-state index in [4.69, 9.17) is 14.2 Å².